The van der Waals surface area contributed by atoms with E-state index in [1.165, 1.54) is 19.3 Å². The molecule has 4 aliphatic heterocycles. The predicted octanol–water partition coefficient (Wildman–Crippen LogP) is 10.1. The van der Waals surface area contributed by atoms with Gasteiger partial charge in [-0.1, -0.05) is 153 Å². The number of carbonyl (C=O) groups is 3. The molecule has 0 spiro atoms. The smallest absolute Gasteiger partial charge is 0.251 e. The summed E-state index contributed by atoms with van der Waals surface area (Å²) in [6.07, 6.45) is 1.52. The zero-order valence-electron chi connectivity index (χ0n) is 72.7. The molecule has 25 heteroatoms. The molecule has 4 aliphatic carbocycles. The second-order valence-electron chi connectivity index (χ2n) is 36.4. The third-order valence-electron chi connectivity index (χ3n) is 27.6. The lowest BCUT2D eigenvalue weighted by molar-refractivity contribution is -0.183. The Morgan fingerprint density at radius 3 is 1.52 bits per heavy atom. The van der Waals surface area contributed by atoms with E-state index >= 15 is 0 Å². The highest BCUT2D eigenvalue weighted by molar-refractivity contribution is 5.97. The number of rotatable bonds is 31. The number of fused-ring (bicyclic) bond motifs is 2. The van der Waals surface area contributed by atoms with Gasteiger partial charge in [-0.25, -0.2) is 0 Å². The first-order chi connectivity index (χ1) is 56.7. The molecular weight excluding hydrogens is 1520 g/mol. The number of benzene rings is 6. The van der Waals surface area contributed by atoms with Crippen LogP contribution in [0, 0.1) is 58.2 Å². The Morgan fingerprint density at radius 2 is 1.07 bits per heavy atom. The molecule has 120 heavy (non-hydrogen) atoms. The quantitative estimate of drug-likeness (QED) is 0.0180. The zero-order valence-corrected chi connectivity index (χ0v) is 72.7. The molecule has 2 bridgehead atoms. The van der Waals surface area contributed by atoms with E-state index in [4.69, 9.17) is 24.9 Å². The highest BCUT2D eigenvalue weighted by Gasteiger charge is 2.58. The Balaban J connectivity index is 0.000000216. The minimum Gasteiger partial charge on any atom is -0.496 e. The number of anilines is 2. The number of hydrogen-bond donors (Lipinski definition) is 12. The molecule has 8 aliphatic rings. The molecule has 4 saturated heterocycles. The summed E-state index contributed by atoms with van der Waals surface area (Å²) in [5, 5.41) is 96.7. The van der Waals surface area contributed by atoms with Crippen LogP contribution in [0.15, 0.2) is 133 Å². The Labute approximate surface area is 712 Å². The fourth-order valence-corrected chi connectivity index (χ4v) is 19.9. The van der Waals surface area contributed by atoms with E-state index in [0.717, 1.165) is 114 Å². The van der Waals surface area contributed by atoms with Crippen LogP contribution in [0.3, 0.4) is 0 Å². The molecule has 25 nitrogen and oxygen atoms in total. The second-order valence-corrected chi connectivity index (χ2v) is 36.4. The van der Waals surface area contributed by atoms with E-state index < -0.39 is 72.9 Å². The van der Waals surface area contributed by atoms with Crippen LogP contribution >= 0.6 is 0 Å². The summed E-state index contributed by atoms with van der Waals surface area (Å²) < 4.78 is 12.0. The van der Waals surface area contributed by atoms with Crippen molar-refractivity contribution in [3.63, 3.8) is 0 Å². The largest absolute Gasteiger partial charge is 0.496 e. The normalized spacial score (nSPS) is 26.2. The van der Waals surface area contributed by atoms with E-state index in [1.807, 2.05) is 159 Å². The van der Waals surface area contributed by atoms with E-state index in [9.17, 15) is 55.2 Å². The van der Waals surface area contributed by atoms with Gasteiger partial charge in [0.15, 0.2) is 6.29 Å². The van der Waals surface area contributed by atoms with Crippen molar-refractivity contribution >= 4 is 29.1 Å². The maximum absolute atomic E-state index is 14.2. The molecule has 4 heterocycles. The molecule has 0 radical (unpaired) electrons. The molecule has 14 rings (SSSR count). The first-order valence-corrected chi connectivity index (χ1v) is 43.0. The molecule has 6 aromatic carbocycles. The molecule has 19 atom stereocenters. The number of para-hydroxylation sites is 2. The molecule has 13 N–H and O–H groups in total. The lowest BCUT2D eigenvalue weighted by atomic mass is 9.45. The summed E-state index contributed by atoms with van der Waals surface area (Å²) in [5.74, 6) is 1.89. The zero-order chi connectivity index (χ0) is 86.1. The van der Waals surface area contributed by atoms with Crippen molar-refractivity contribution in [2.45, 2.75) is 201 Å². The van der Waals surface area contributed by atoms with Crippen LogP contribution in [0.2, 0.25) is 0 Å². The van der Waals surface area contributed by atoms with Crippen molar-refractivity contribution in [3.05, 3.63) is 167 Å². The Kier molecular flexibility index (Phi) is 32.8. The van der Waals surface area contributed by atoms with E-state index in [2.05, 4.69) is 74.2 Å². The number of nitrogens with one attached hydrogen (secondary N) is 3. The number of carbonyl (C=O) groups excluding carboxylic acids is 3. The SMILES string of the molecule is C.COc1c(CN2O[C@@H](CO)[C@@H]([C@H](C)O)[C@H]2C(=O)NC[C@@H](C)[C@@H]2C[C@H](C)C2(C)C)cccc1-c1cc(C(=O)N[C@H](CN2CCCC2)[C@H](O)c2ccccc2)cc(N(C)C)c1.COc1c(CN2O[C@@H](CO)[C@@H]([C@H](C)O)[C@H]2C(=O)N[C@H]2C[C@H]3C[C@@H]([C@@H]2C)C3(C)C)cccc1-c1cc(C(O)O)cc(N(C)C)c1.N[C@H](CN1CCCC1)[C@H](O)c1ccccc1. The fourth-order valence-electron chi connectivity index (χ4n) is 19.9. The number of amides is 3. The van der Waals surface area contributed by atoms with E-state index in [1.54, 1.807) is 50.3 Å². The van der Waals surface area contributed by atoms with Crippen molar-refractivity contribution in [2.24, 2.45) is 63.9 Å². The number of hydroxylamine groups is 4. The number of aliphatic hydroxyl groups is 8. The van der Waals surface area contributed by atoms with Crippen molar-refractivity contribution in [2.75, 3.05) is 111 Å². The summed E-state index contributed by atoms with van der Waals surface area (Å²) in [5.41, 5.74) is 15.0. The third kappa shape index (κ3) is 21.6. The van der Waals surface area contributed by atoms with Gasteiger partial charge in [0, 0.05) is 116 Å². The molecule has 4 saturated carbocycles. The summed E-state index contributed by atoms with van der Waals surface area (Å²) in [7, 11) is 10.8. The van der Waals surface area contributed by atoms with Gasteiger partial charge in [-0.15, -0.1) is 0 Å². The van der Waals surface area contributed by atoms with Gasteiger partial charge < -0.3 is 91.6 Å². The number of aliphatic hydroxyl groups excluding tert-OH is 7. The average molecular weight is 1660 g/mol. The van der Waals surface area contributed by atoms with Crippen LogP contribution in [-0.2, 0) is 32.4 Å². The van der Waals surface area contributed by atoms with E-state index in [0.29, 0.717) is 65.3 Å². The highest BCUT2D eigenvalue weighted by Crippen LogP contribution is 2.61. The van der Waals surface area contributed by atoms with Crippen molar-refractivity contribution in [1.82, 2.24) is 35.9 Å². The van der Waals surface area contributed by atoms with Crippen molar-refractivity contribution in [1.29, 1.82) is 0 Å². The Bertz CT molecular complexity index is 4270. The number of nitrogens with two attached hydrogens (primary N) is 1. The number of nitrogens with zero attached hydrogens (tertiary/aromatic N) is 6. The first-order valence-electron chi connectivity index (χ1n) is 43.0. The first kappa shape index (κ1) is 94.6. The van der Waals surface area contributed by atoms with Gasteiger partial charge >= 0.3 is 0 Å². The molecular formula is C95H140N10O15. The predicted molar refractivity (Wildman–Crippen MR) is 470 cm³/mol. The van der Waals surface area contributed by atoms with Crippen LogP contribution in [0.1, 0.15) is 171 Å². The highest BCUT2D eigenvalue weighted by atomic mass is 16.7. The van der Waals surface area contributed by atoms with E-state index in [-0.39, 0.29) is 80.3 Å². The maximum Gasteiger partial charge on any atom is 0.251 e. The number of ether oxygens (including phenoxy) is 2. The number of likely N-dealkylation sites (tertiary alicyclic amines) is 2. The van der Waals surface area contributed by atoms with Crippen LogP contribution in [0.4, 0.5) is 11.4 Å². The fraction of sp³-hybridized carbons (Fsp3) is 0.589. The Hall–Kier alpha value is -7.67. The molecule has 0 unspecified atom stereocenters. The summed E-state index contributed by atoms with van der Waals surface area (Å²) in [6.45, 7) is 24.7. The summed E-state index contributed by atoms with van der Waals surface area (Å²) in [4.78, 5) is 63.3. The van der Waals surface area contributed by atoms with Gasteiger partial charge in [0.05, 0.1) is 64.9 Å². The van der Waals surface area contributed by atoms with Gasteiger partial charge in [0.2, 0.25) is 11.8 Å². The molecule has 3 amide bonds. The molecule has 660 valence electrons. The maximum atomic E-state index is 14.2. The van der Waals surface area contributed by atoms with Crippen molar-refractivity contribution < 1.29 is 74.4 Å². The van der Waals surface area contributed by atoms with Gasteiger partial charge in [-0.3, -0.25) is 24.1 Å². The lowest BCUT2D eigenvalue weighted by Gasteiger charge is -2.62. The minimum absolute atomic E-state index is 0. The summed E-state index contributed by atoms with van der Waals surface area (Å²) >= 11 is 0. The van der Waals surface area contributed by atoms with Gasteiger partial charge in [0.1, 0.15) is 41.9 Å². The summed E-state index contributed by atoms with van der Waals surface area (Å²) in [6, 6.07) is 39.2. The lowest BCUT2D eigenvalue weighted by Crippen LogP contribution is -2.62. The van der Waals surface area contributed by atoms with Crippen molar-refractivity contribution in [3.8, 4) is 33.8 Å². The molecule has 8 fully saturated rings. The topological polar surface area (TPSA) is 332 Å². The second kappa shape index (κ2) is 41.7. The van der Waals surface area contributed by atoms with Gasteiger partial charge in [0.25, 0.3) is 5.91 Å². The minimum atomic E-state index is -1.64. The van der Waals surface area contributed by atoms with Crippen LogP contribution in [0.25, 0.3) is 22.3 Å². The van der Waals surface area contributed by atoms with Crippen LogP contribution < -0.4 is 41.0 Å². The van der Waals surface area contributed by atoms with Gasteiger partial charge in [-0.2, -0.15) is 10.1 Å². The Morgan fingerprint density at radius 1 is 0.583 bits per heavy atom. The standard InChI is InChI=1S/C47H67N5O7.C34H49N3O7.C13H20N2O.CH4/c1-29(38-21-30(2)47(38,4)5)25-48-46(57)42-41(31(3)54)40(28-53)59-52(42)26-33-17-14-18-37(44(33)58-8)34-22-35(24-36(23-34)50(6)7)45(56)49-39(27-51-19-12-13-20-51)43(55)32-15-10-9-11-16-32;1-18-26-14-23(34(26,3)4)15-27(18)35-32(40)30-29(19(2)39)28(17-38)44-37(30)16-20-9-8-10-25(31(20)43-7)21-11-22(33(41)42)13-24(12-21)36(5)6;14-12(10-15-8-4-5-9-15)13(16)11-6-2-1-3-7-11;/h9-11,14-18,22-24,29-31,38-43,53-55H,12-13,19-21,25-28H2,1-8H3,(H,48,57)(H,49,56);8-13,18-19,23,26-30,33,38-39,41-42H,14-17H2,1-7H3,(H,35,40);1-3,6-7,12-13,16H,4-5,8-10,14H2;1H4/t29-,30+,31+,38+,39-,40+,41-,42+,43-;18-,19-,23+,26-,27-,28-,29+,30-;12-,13-;/m101./s1. The van der Waals surface area contributed by atoms with Gasteiger partial charge in [-0.05, 0) is 190 Å². The average Bonchev–Trinajstić information content (AvgIpc) is 0.836. The number of hydrogen-bond acceptors (Lipinski definition) is 22. The molecule has 0 aromatic heterocycles. The monoisotopic (exact) mass is 1660 g/mol. The van der Waals surface area contributed by atoms with Crippen LogP contribution in [-0.4, -0.2) is 235 Å². The number of methoxy groups -OCH3 is 2. The third-order valence-corrected chi connectivity index (χ3v) is 27.6. The molecule has 6 aromatic rings. The van der Waals surface area contributed by atoms with Crippen LogP contribution in [0.5, 0.6) is 11.5 Å².